The van der Waals surface area contributed by atoms with Crippen LogP contribution >= 0.6 is 0 Å². The van der Waals surface area contributed by atoms with Crippen molar-refractivity contribution < 1.29 is 13.2 Å². The Hall–Kier alpha value is -3.00. The molecule has 3 aromatic carbocycles. The molecule has 1 heterocycles. The number of piperazine rings is 1. The van der Waals surface area contributed by atoms with Crippen molar-refractivity contribution in [1.29, 1.82) is 0 Å². The van der Waals surface area contributed by atoms with Crippen LogP contribution in [0.3, 0.4) is 0 Å². The lowest BCUT2D eigenvalue weighted by Crippen LogP contribution is -2.48. The molecule has 0 aliphatic carbocycles. The molecule has 0 aromatic heterocycles. The fourth-order valence-corrected chi connectivity index (χ4v) is 5.68. The molecule has 0 spiro atoms. The smallest absolute Gasteiger partial charge is 0.251 e. The quantitative estimate of drug-likeness (QED) is 0.531. The number of carbonyl (C=O) groups excluding carboxylic acids is 1. The Morgan fingerprint density at radius 3 is 2.03 bits per heavy atom. The third-order valence-electron chi connectivity index (χ3n) is 6.25. The van der Waals surface area contributed by atoms with Crippen LogP contribution in [-0.2, 0) is 16.6 Å². The molecule has 1 aliphatic heterocycles. The molecule has 1 saturated heterocycles. The molecule has 34 heavy (non-hydrogen) atoms. The highest BCUT2D eigenvalue weighted by Gasteiger charge is 2.28. The second-order valence-electron chi connectivity index (χ2n) is 8.54. The second-order valence-corrected chi connectivity index (χ2v) is 10.5. The van der Waals surface area contributed by atoms with Crippen molar-refractivity contribution in [1.82, 2.24) is 14.5 Å². The Morgan fingerprint density at radius 2 is 1.44 bits per heavy atom. The van der Waals surface area contributed by atoms with E-state index >= 15 is 0 Å². The van der Waals surface area contributed by atoms with E-state index in [-0.39, 0.29) is 11.9 Å². The van der Waals surface area contributed by atoms with Gasteiger partial charge in [0.1, 0.15) is 0 Å². The Balaban J connectivity index is 1.31. The maximum atomic E-state index is 12.8. The fraction of sp³-hybridized carbons (Fsp3) is 0.296. The zero-order valence-electron chi connectivity index (χ0n) is 19.4. The average molecular weight is 478 g/mol. The number of carbonyl (C=O) groups is 1. The summed E-state index contributed by atoms with van der Waals surface area (Å²) in [5.41, 5.74) is 2.84. The van der Waals surface area contributed by atoms with Crippen molar-refractivity contribution in [2.75, 3.05) is 26.2 Å². The molecule has 0 radical (unpaired) electrons. The van der Waals surface area contributed by atoms with Crippen LogP contribution in [-0.4, -0.2) is 49.7 Å². The summed E-state index contributed by atoms with van der Waals surface area (Å²) in [6.07, 6.45) is 0.819. The highest BCUT2D eigenvalue weighted by atomic mass is 32.2. The molecule has 1 atom stereocenters. The van der Waals surface area contributed by atoms with Crippen molar-refractivity contribution in [3.8, 4) is 0 Å². The van der Waals surface area contributed by atoms with Crippen LogP contribution in [0.2, 0.25) is 0 Å². The Bertz CT molecular complexity index is 1170. The minimum absolute atomic E-state index is 0.0168. The summed E-state index contributed by atoms with van der Waals surface area (Å²) in [5, 5.41) is 3.12. The van der Waals surface area contributed by atoms with Gasteiger partial charge in [0.15, 0.2) is 0 Å². The van der Waals surface area contributed by atoms with Gasteiger partial charge in [-0.05, 0) is 41.8 Å². The minimum Gasteiger partial charge on any atom is -0.345 e. The van der Waals surface area contributed by atoms with Crippen molar-refractivity contribution >= 4 is 15.9 Å². The van der Waals surface area contributed by atoms with Crippen molar-refractivity contribution in [3.63, 3.8) is 0 Å². The molecule has 3 aromatic rings. The van der Waals surface area contributed by atoms with Crippen LogP contribution < -0.4 is 5.32 Å². The van der Waals surface area contributed by atoms with E-state index < -0.39 is 10.0 Å². The summed E-state index contributed by atoms with van der Waals surface area (Å²) in [6.45, 7) is 5.06. The number of benzene rings is 3. The lowest BCUT2D eigenvalue weighted by molar-refractivity contribution is 0.0935. The van der Waals surface area contributed by atoms with E-state index in [4.69, 9.17) is 0 Å². The molecular formula is C27H31N3O3S. The molecule has 6 nitrogen and oxygen atoms in total. The molecule has 1 N–H and O–H groups in total. The predicted octanol–water partition coefficient (Wildman–Crippen LogP) is 4.07. The first-order valence-corrected chi connectivity index (χ1v) is 13.1. The maximum absolute atomic E-state index is 12.8. The molecule has 0 unspecified atom stereocenters. The molecule has 7 heteroatoms. The topological polar surface area (TPSA) is 69.7 Å². The largest absolute Gasteiger partial charge is 0.345 e. The van der Waals surface area contributed by atoms with Gasteiger partial charge in [-0.25, -0.2) is 8.42 Å². The SMILES string of the molecule is CC[C@@H](NC(=O)c1ccc(CN2CCN(S(=O)(=O)c3ccccc3)CC2)cc1)c1ccccc1. The standard InChI is InChI=1S/C27H31N3O3S/c1-2-26(23-9-5-3-6-10-23)28-27(31)24-15-13-22(14-16-24)21-29-17-19-30(20-18-29)34(32,33)25-11-7-4-8-12-25/h3-16,26H,2,17-21H2,1H3,(H,28,31)/t26-/m1/s1. The molecule has 1 amide bonds. The van der Waals surface area contributed by atoms with Gasteiger partial charge in [0, 0.05) is 38.3 Å². The highest BCUT2D eigenvalue weighted by molar-refractivity contribution is 7.89. The van der Waals surface area contributed by atoms with Crippen LogP contribution in [0, 0.1) is 0 Å². The van der Waals surface area contributed by atoms with E-state index in [2.05, 4.69) is 17.1 Å². The van der Waals surface area contributed by atoms with E-state index in [0.717, 1.165) is 24.1 Å². The predicted molar refractivity (Wildman–Crippen MR) is 134 cm³/mol. The molecule has 4 rings (SSSR count). The minimum atomic E-state index is -3.44. The molecule has 178 valence electrons. The lowest BCUT2D eigenvalue weighted by atomic mass is 10.0. The Kier molecular flexibility index (Phi) is 7.77. The van der Waals surface area contributed by atoms with Crippen molar-refractivity contribution in [2.45, 2.75) is 30.8 Å². The number of hydrogen-bond donors (Lipinski definition) is 1. The van der Waals surface area contributed by atoms with E-state index in [1.54, 1.807) is 28.6 Å². The molecule has 0 bridgehead atoms. The number of nitrogens with zero attached hydrogens (tertiary/aromatic N) is 2. The van der Waals surface area contributed by atoms with Crippen LogP contribution in [0.4, 0.5) is 0 Å². The molecule has 0 saturated carbocycles. The van der Waals surface area contributed by atoms with Gasteiger partial charge < -0.3 is 5.32 Å². The lowest BCUT2D eigenvalue weighted by Gasteiger charge is -2.34. The van der Waals surface area contributed by atoms with Gasteiger partial charge in [0.05, 0.1) is 10.9 Å². The van der Waals surface area contributed by atoms with Crippen LogP contribution in [0.15, 0.2) is 89.8 Å². The first kappa shape index (κ1) is 24.1. The van der Waals surface area contributed by atoms with Gasteiger partial charge in [-0.3, -0.25) is 9.69 Å². The summed E-state index contributed by atoms with van der Waals surface area (Å²) in [4.78, 5) is 15.3. The van der Waals surface area contributed by atoms with Gasteiger partial charge >= 0.3 is 0 Å². The van der Waals surface area contributed by atoms with Crippen molar-refractivity contribution in [3.05, 3.63) is 102 Å². The zero-order chi connectivity index (χ0) is 24.0. The molecule has 1 aliphatic rings. The van der Waals surface area contributed by atoms with Gasteiger partial charge in [0.25, 0.3) is 5.91 Å². The maximum Gasteiger partial charge on any atom is 0.251 e. The van der Waals surface area contributed by atoms with E-state index in [1.807, 2.05) is 60.7 Å². The van der Waals surface area contributed by atoms with Gasteiger partial charge in [0.2, 0.25) is 10.0 Å². The number of rotatable bonds is 8. The highest BCUT2D eigenvalue weighted by Crippen LogP contribution is 2.19. The summed E-state index contributed by atoms with van der Waals surface area (Å²) in [5.74, 6) is -0.0815. The monoisotopic (exact) mass is 477 g/mol. The second kappa shape index (κ2) is 11.0. The molecule has 1 fully saturated rings. The van der Waals surface area contributed by atoms with Crippen molar-refractivity contribution in [2.24, 2.45) is 0 Å². The number of amides is 1. The normalized spacial score (nSPS) is 16.1. The first-order chi connectivity index (χ1) is 16.5. The summed E-state index contributed by atoms with van der Waals surface area (Å²) >= 11 is 0. The number of sulfonamides is 1. The van der Waals surface area contributed by atoms with E-state index in [1.165, 1.54) is 0 Å². The molecular weight excluding hydrogens is 446 g/mol. The van der Waals surface area contributed by atoms with Crippen LogP contribution in [0.5, 0.6) is 0 Å². The summed E-state index contributed by atoms with van der Waals surface area (Å²) < 4.78 is 27.2. The Morgan fingerprint density at radius 1 is 0.853 bits per heavy atom. The number of hydrogen-bond acceptors (Lipinski definition) is 4. The fourth-order valence-electron chi connectivity index (χ4n) is 4.24. The van der Waals surface area contributed by atoms with Gasteiger partial charge in [-0.1, -0.05) is 67.6 Å². The van der Waals surface area contributed by atoms with Crippen LogP contribution in [0.1, 0.15) is 40.9 Å². The third-order valence-corrected chi connectivity index (χ3v) is 8.16. The zero-order valence-corrected chi connectivity index (χ0v) is 20.2. The third kappa shape index (κ3) is 5.73. The first-order valence-electron chi connectivity index (χ1n) is 11.7. The summed E-state index contributed by atoms with van der Waals surface area (Å²) in [7, 11) is -3.44. The Labute approximate surface area is 202 Å². The van der Waals surface area contributed by atoms with Gasteiger partial charge in [-0.15, -0.1) is 0 Å². The van der Waals surface area contributed by atoms with Crippen LogP contribution in [0.25, 0.3) is 0 Å². The number of nitrogens with one attached hydrogen (secondary N) is 1. The van der Waals surface area contributed by atoms with E-state index in [9.17, 15) is 13.2 Å². The summed E-state index contributed by atoms with van der Waals surface area (Å²) in [6, 6.07) is 26.2. The van der Waals surface area contributed by atoms with E-state index in [0.29, 0.717) is 36.6 Å². The van der Waals surface area contributed by atoms with Gasteiger partial charge in [-0.2, -0.15) is 4.31 Å². The average Bonchev–Trinajstić information content (AvgIpc) is 2.89.